The highest BCUT2D eigenvalue weighted by atomic mass is 79.9. The van der Waals surface area contributed by atoms with Crippen molar-refractivity contribution in [2.45, 2.75) is 6.92 Å². The summed E-state index contributed by atoms with van der Waals surface area (Å²) in [4.78, 5) is 12.9. The molecule has 1 aromatic heterocycles. The first kappa shape index (κ1) is 14.2. The van der Waals surface area contributed by atoms with E-state index < -0.39 is 0 Å². The van der Waals surface area contributed by atoms with Crippen molar-refractivity contribution in [3.05, 3.63) is 55.6 Å². The summed E-state index contributed by atoms with van der Waals surface area (Å²) in [5.74, 6) is -0.255. The molecular weight excluding hydrogens is 348 g/mol. The Kier molecular flexibility index (Phi) is 4.74. The summed E-state index contributed by atoms with van der Waals surface area (Å²) in [6, 6.07) is 10.9. The lowest BCUT2D eigenvalue weighted by atomic mass is 10.2. The van der Waals surface area contributed by atoms with Crippen molar-refractivity contribution < 1.29 is 4.79 Å². The Labute approximate surface area is 128 Å². The van der Waals surface area contributed by atoms with Gasteiger partial charge in [-0.3, -0.25) is 4.79 Å². The third-order valence-electron chi connectivity index (χ3n) is 2.37. The zero-order valence-electron chi connectivity index (χ0n) is 9.98. The van der Waals surface area contributed by atoms with Gasteiger partial charge in [-0.25, -0.2) is 5.43 Å². The van der Waals surface area contributed by atoms with E-state index in [1.54, 1.807) is 18.2 Å². The number of amides is 1. The van der Waals surface area contributed by atoms with Crippen molar-refractivity contribution in [2.24, 2.45) is 5.10 Å². The Hall–Kier alpha value is -1.17. The minimum atomic E-state index is -0.255. The first-order chi connectivity index (χ1) is 9.08. The van der Waals surface area contributed by atoms with E-state index in [4.69, 9.17) is 11.6 Å². The fraction of sp³-hybridized carbons (Fsp3) is 0.0769. The molecule has 0 radical (unpaired) electrons. The van der Waals surface area contributed by atoms with E-state index in [-0.39, 0.29) is 5.91 Å². The number of hydrazone groups is 1. The van der Waals surface area contributed by atoms with Crippen molar-refractivity contribution in [3.8, 4) is 0 Å². The number of carbonyl (C=O) groups is 1. The SMILES string of the molecule is C/C(=N/NC(=O)c1ccccc1Br)c1ccc(Cl)s1. The lowest BCUT2D eigenvalue weighted by Gasteiger charge is -2.03. The topological polar surface area (TPSA) is 41.5 Å². The number of thiophene rings is 1. The molecule has 1 heterocycles. The van der Waals surface area contributed by atoms with Crippen LogP contribution in [0.3, 0.4) is 0 Å². The highest BCUT2D eigenvalue weighted by Crippen LogP contribution is 2.22. The average molecular weight is 358 g/mol. The molecule has 0 atom stereocenters. The van der Waals surface area contributed by atoms with E-state index in [2.05, 4.69) is 26.5 Å². The van der Waals surface area contributed by atoms with Crippen LogP contribution in [-0.2, 0) is 0 Å². The Morgan fingerprint density at radius 3 is 2.68 bits per heavy atom. The van der Waals surface area contributed by atoms with Gasteiger partial charge >= 0.3 is 0 Å². The van der Waals surface area contributed by atoms with Crippen LogP contribution < -0.4 is 5.43 Å². The summed E-state index contributed by atoms with van der Waals surface area (Å²) in [6.45, 7) is 1.82. The number of rotatable bonds is 3. The van der Waals surface area contributed by atoms with Crippen LogP contribution in [0.1, 0.15) is 22.2 Å². The normalized spacial score (nSPS) is 11.4. The molecule has 0 saturated heterocycles. The maximum Gasteiger partial charge on any atom is 0.272 e. The molecule has 0 saturated carbocycles. The molecule has 0 fully saturated rings. The molecule has 2 rings (SSSR count). The minimum Gasteiger partial charge on any atom is -0.267 e. The van der Waals surface area contributed by atoms with Crippen LogP contribution in [0, 0.1) is 0 Å². The predicted molar refractivity (Wildman–Crippen MR) is 83.1 cm³/mol. The molecular formula is C13H10BrClN2OS. The van der Waals surface area contributed by atoms with Crippen LogP contribution in [-0.4, -0.2) is 11.6 Å². The van der Waals surface area contributed by atoms with Gasteiger partial charge in [0.2, 0.25) is 0 Å². The molecule has 0 bridgehead atoms. The molecule has 98 valence electrons. The fourth-order valence-corrected chi connectivity index (χ4v) is 2.86. The number of hydrogen-bond donors (Lipinski definition) is 1. The molecule has 2 aromatic rings. The summed E-state index contributed by atoms with van der Waals surface area (Å²) in [7, 11) is 0. The molecule has 0 aliphatic heterocycles. The van der Waals surface area contributed by atoms with Gasteiger partial charge in [0.05, 0.1) is 20.5 Å². The smallest absolute Gasteiger partial charge is 0.267 e. The maximum absolute atomic E-state index is 11.9. The standard InChI is InChI=1S/C13H10BrClN2OS/c1-8(11-6-7-12(15)19-11)16-17-13(18)9-4-2-3-5-10(9)14/h2-7H,1H3,(H,17,18)/b16-8-. The predicted octanol–water partition coefficient (Wildman–Crippen LogP) is 4.32. The Morgan fingerprint density at radius 2 is 2.05 bits per heavy atom. The molecule has 0 spiro atoms. The average Bonchev–Trinajstić information content (AvgIpc) is 2.83. The summed E-state index contributed by atoms with van der Waals surface area (Å²) in [6.07, 6.45) is 0. The Bertz CT molecular complexity index is 639. The van der Waals surface area contributed by atoms with Crippen LogP contribution >= 0.6 is 38.9 Å². The lowest BCUT2D eigenvalue weighted by Crippen LogP contribution is -2.19. The van der Waals surface area contributed by atoms with Gasteiger partial charge < -0.3 is 0 Å². The second kappa shape index (κ2) is 6.32. The first-order valence-electron chi connectivity index (χ1n) is 5.43. The second-order valence-electron chi connectivity index (χ2n) is 3.72. The van der Waals surface area contributed by atoms with Crippen LogP contribution in [0.5, 0.6) is 0 Å². The second-order valence-corrected chi connectivity index (χ2v) is 6.29. The molecule has 1 N–H and O–H groups in total. The first-order valence-corrected chi connectivity index (χ1v) is 7.41. The quantitative estimate of drug-likeness (QED) is 0.645. The van der Waals surface area contributed by atoms with Crippen LogP contribution in [0.4, 0.5) is 0 Å². The largest absolute Gasteiger partial charge is 0.272 e. The van der Waals surface area contributed by atoms with Gasteiger partial charge in [0.15, 0.2) is 0 Å². The number of carbonyl (C=O) groups excluding carboxylic acids is 1. The van der Waals surface area contributed by atoms with Crippen molar-refractivity contribution in [1.29, 1.82) is 0 Å². The van der Waals surface area contributed by atoms with Gasteiger partial charge in [0.1, 0.15) is 0 Å². The summed E-state index contributed by atoms with van der Waals surface area (Å²) >= 11 is 10.6. The van der Waals surface area contributed by atoms with E-state index in [1.807, 2.05) is 25.1 Å². The number of hydrogen-bond acceptors (Lipinski definition) is 3. The van der Waals surface area contributed by atoms with Gasteiger partial charge in [-0.1, -0.05) is 23.7 Å². The number of nitrogens with one attached hydrogen (secondary N) is 1. The molecule has 0 unspecified atom stereocenters. The van der Waals surface area contributed by atoms with Crippen molar-refractivity contribution in [2.75, 3.05) is 0 Å². The van der Waals surface area contributed by atoms with Gasteiger partial charge in [0.25, 0.3) is 5.91 Å². The minimum absolute atomic E-state index is 0.255. The van der Waals surface area contributed by atoms with E-state index in [0.717, 1.165) is 15.1 Å². The van der Waals surface area contributed by atoms with Gasteiger partial charge in [-0.05, 0) is 47.1 Å². The molecule has 1 amide bonds. The van der Waals surface area contributed by atoms with Crippen LogP contribution in [0.25, 0.3) is 0 Å². The Balaban J connectivity index is 2.10. The molecule has 1 aromatic carbocycles. The monoisotopic (exact) mass is 356 g/mol. The fourth-order valence-electron chi connectivity index (χ4n) is 1.40. The molecule has 6 heteroatoms. The number of halogens is 2. The third-order valence-corrected chi connectivity index (χ3v) is 4.40. The van der Waals surface area contributed by atoms with E-state index in [0.29, 0.717) is 9.90 Å². The van der Waals surface area contributed by atoms with Crippen molar-refractivity contribution in [1.82, 2.24) is 5.43 Å². The molecule has 0 aliphatic carbocycles. The highest BCUT2D eigenvalue weighted by molar-refractivity contribution is 9.10. The molecule has 0 aliphatic rings. The van der Waals surface area contributed by atoms with Crippen LogP contribution in [0.2, 0.25) is 4.34 Å². The zero-order valence-corrected chi connectivity index (χ0v) is 13.1. The molecule has 3 nitrogen and oxygen atoms in total. The van der Waals surface area contributed by atoms with Crippen molar-refractivity contribution >= 4 is 50.5 Å². The van der Waals surface area contributed by atoms with Crippen LogP contribution in [0.15, 0.2) is 46.0 Å². The highest BCUT2D eigenvalue weighted by Gasteiger charge is 2.08. The van der Waals surface area contributed by atoms with Gasteiger partial charge in [-0.2, -0.15) is 5.10 Å². The number of benzene rings is 1. The molecule has 19 heavy (non-hydrogen) atoms. The number of nitrogens with zero attached hydrogens (tertiary/aromatic N) is 1. The van der Waals surface area contributed by atoms with E-state index >= 15 is 0 Å². The van der Waals surface area contributed by atoms with Gasteiger partial charge in [-0.15, -0.1) is 11.3 Å². The van der Waals surface area contributed by atoms with Crippen molar-refractivity contribution in [3.63, 3.8) is 0 Å². The summed E-state index contributed by atoms with van der Waals surface area (Å²) < 4.78 is 1.43. The third kappa shape index (κ3) is 3.65. The van der Waals surface area contributed by atoms with Gasteiger partial charge in [0, 0.05) is 4.47 Å². The summed E-state index contributed by atoms with van der Waals surface area (Å²) in [5, 5.41) is 4.07. The zero-order chi connectivity index (χ0) is 13.8. The Morgan fingerprint density at radius 1 is 1.32 bits per heavy atom. The van der Waals surface area contributed by atoms with E-state index in [1.165, 1.54) is 11.3 Å². The van der Waals surface area contributed by atoms with E-state index in [9.17, 15) is 4.79 Å². The maximum atomic E-state index is 11.9. The lowest BCUT2D eigenvalue weighted by molar-refractivity contribution is 0.0954. The summed E-state index contributed by atoms with van der Waals surface area (Å²) in [5.41, 5.74) is 3.79.